The van der Waals surface area contributed by atoms with Gasteiger partial charge >= 0.3 is 0 Å². The Labute approximate surface area is 133 Å². The molecule has 2 fully saturated rings. The smallest absolute Gasteiger partial charge is 0.00177 e. The Morgan fingerprint density at radius 3 is 1.38 bits per heavy atom. The lowest BCUT2D eigenvalue weighted by Gasteiger charge is -2.40. The van der Waals surface area contributed by atoms with Gasteiger partial charge in [-0.2, -0.15) is 0 Å². The molecular formula is C20H39N. The van der Waals surface area contributed by atoms with E-state index in [1.165, 1.54) is 38.8 Å². The third-order valence-electron chi connectivity index (χ3n) is 7.05. The number of nitrogens with one attached hydrogen (secondary N) is 1. The first-order valence-electron chi connectivity index (χ1n) is 9.59. The lowest BCUT2D eigenvalue weighted by atomic mass is 9.69. The predicted molar refractivity (Wildman–Crippen MR) is 93.3 cm³/mol. The van der Waals surface area contributed by atoms with Gasteiger partial charge in [0.05, 0.1) is 0 Å². The van der Waals surface area contributed by atoms with E-state index in [4.69, 9.17) is 0 Å². The zero-order valence-electron chi connectivity index (χ0n) is 15.4. The Hall–Kier alpha value is -0.0400. The van der Waals surface area contributed by atoms with Crippen molar-refractivity contribution in [1.29, 1.82) is 0 Å². The highest BCUT2D eigenvalue weighted by Crippen LogP contribution is 2.39. The third kappa shape index (κ3) is 4.47. The summed E-state index contributed by atoms with van der Waals surface area (Å²) >= 11 is 0. The van der Waals surface area contributed by atoms with Crippen molar-refractivity contribution in [3.8, 4) is 0 Å². The van der Waals surface area contributed by atoms with Crippen molar-refractivity contribution in [2.45, 2.75) is 67.2 Å². The lowest BCUT2D eigenvalue weighted by molar-refractivity contribution is 0.117. The molecule has 2 aliphatic rings. The minimum atomic E-state index is 0.898. The molecule has 0 radical (unpaired) electrons. The van der Waals surface area contributed by atoms with Crippen molar-refractivity contribution in [2.75, 3.05) is 13.1 Å². The Morgan fingerprint density at radius 2 is 1.00 bits per heavy atom. The van der Waals surface area contributed by atoms with E-state index in [1.807, 2.05) is 0 Å². The van der Waals surface area contributed by atoms with Crippen molar-refractivity contribution >= 4 is 0 Å². The maximum Gasteiger partial charge on any atom is -0.00177 e. The summed E-state index contributed by atoms with van der Waals surface area (Å²) in [6, 6.07) is 0. The maximum atomic E-state index is 3.87. The van der Waals surface area contributed by atoms with Gasteiger partial charge in [0.1, 0.15) is 0 Å². The van der Waals surface area contributed by atoms with Gasteiger partial charge in [-0.15, -0.1) is 0 Å². The summed E-state index contributed by atoms with van der Waals surface area (Å²) < 4.78 is 0. The minimum absolute atomic E-state index is 0.898. The van der Waals surface area contributed by atoms with E-state index in [0.29, 0.717) is 0 Å². The molecule has 2 saturated carbocycles. The number of rotatable bonds is 4. The molecule has 21 heavy (non-hydrogen) atoms. The first-order valence-corrected chi connectivity index (χ1v) is 9.59. The van der Waals surface area contributed by atoms with Gasteiger partial charge in [0.25, 0.3) is 0 Å². The van der Waals surface area contributed by atoms with E-state index < -0.39 is 0 Å². The van der Waals surface area contributed by atoms with Gasteiger partial charge in [-0.05, 0) is 86.1 Å². The van der Waals surface area contributed by atoms with Crippen LogP contribution in [0.3, 0.4) is 0 Å². The highest BCUT2D eigenvalue weighted by atomic mass is 14.9. The molecule has 0 aromatic carbocycles. The number of hydrogen-bond acceptors (Lipinski definition) is 1. The molecule has 0 unspecified atom stereocenters. The quantitative estimate of drug-likeness (QED) is 0.750. The fourth-order valence-corrected chi connectivity index (χ4v) is 5.28. The summed E-state index contributed by atoms with van der Waals surface area (Å²) in [6.45, 7) is 17.3. The summed E-state index contributed by atoms with van der Waals surface area (Å²) in [5.74, 6) is 7.28. The summed E-state index contributed by atoms with van der Waals surface area (Å²) in [7, 11) is 0. The van der Waals surface area contributed by atoms with Crippen molar-refractivity contribution < 1.29 is 0 Å². The van der Waals surface area contributed by atoms with E-state index >= 15 is 0 Å². The van der Waals surface area contributed by atoms with Crippen LogP contribution in [0.25, 0.3) is 0 Å². The second-order valence-corrected chi connectivity index (χ2v) is 9.00. The molecule has 0 heterocycles. The van der Waals surface area contributed by atoms with E-state index in [1.54, 1.807) is 0 Å². The standard InChI is InChI=1S/C20H39N/c1-13-7-15(3)17(5)19(9-13)11-21-12-20-10-14(2)8-16(4)18(20)6/h13-21H,7-12H2,1-6H3/t13-,14-,15-,16+,17+,18+,19+,20+/m1/s1. The van der Waals surface area contributed by atoms with Crippen LogP contribution in [0.1, 0.15) is 67.2 Å². The molecule has 2 aliphatic carbocycles. The summed E-state index contributed by atoms with van der Waals surface area (Å²) in [5, 5.41) is 3.87. The van der Waals surface area contributed by atoms with Crippen molar-refractivity contribution in [2.24, 2.45) is 47.3 Å². The van der Waals surface area contributed by atoms with Crippen molar-refractivity contribution in [3.05, 3.63) is 0 Å². The van der Waals surface area contributed by atoms with Crippen molar-refractivity contribution in [1.82, 2.24) is 5.32 Å². The van der Waals surface area contributed by atoms with Crippen LogP contribution in [0, 0.1) is 47.3 Å². The van der Waals surface area contributed by atoms with Gasteiger partial charge in [0, 0.05) is 0 Å². The van der Waals surface area contributed by atoms with Crippen LogP contribution < -0.4 is 5.32 Å². The molecule has 0 saturated heterocycles. The van der Waals surface area contributed by atoms with Crippen LogP contribution in [0.5, 0.6) is 0 Å². The maximum absolute atomic E-state index is 3.87. The molecule has 1 nitrogen and oxygen atoms in total. The minimum Gasteiger partial charge on any atom is -0.316 e. The van der Waals surface area contributed by atoms with Gasteiger partial charge in [-0.1, -0.05) is 41.5 Å². The fraction of sp³-hybridized carbons (Fsp3) is 1.00. The molecule has 8 atom stereocenters. The second-order valence-electron chi connectivity index (χ2n) is 9.00. The second kappa shape index (κ2) is 7.49. The van der Waals surface area contributed by atoms with Gasteiger partial charge < -0.3 is 5.32 Å². The van der Waals surface area contributed by atoms with Crippen LogP contribution in [-0.4, -0.2) is 13.1 Å². The molecule has 1 N–H and O–H groups in total. The lowest BCUT2D eigenvalue weighted by Crippen LogP contribution is -2.40. The van der Waals surface area contributed by atoms with E-state index in [2.05, 4.69) is 46.9 Å². The summed E-state index contributed by atoms with van der Waals surface area (Å²) in [5.41, 5.74) is 0. The zero-order chi connectivity index (χ0) is 15.6. The zero-order valence-corrected chi connectivity index (χ0v) is 15.4. The SMILES string of the molecule is C[C@H]1C[C@@H](CNC[C@@H]2C[C@H](C)C[C@H](C)[C@@H]2C)[C@@H](C)[C@H](C)C1. The third-order valence-corrected chi connectivity index (χ3v) is 7.05. The first kappa shape index (κ1) is 17.3. The molecule has 0 bridgehead atoms. The van der Waals surface area contributed by atoms with Gasteiger partial charge in [0.15, 0.2) is 0 Å². The van der Waals surface area contributed by atoms with E-state index in [9.17, 15) is 0 Å². The van der Waals surface area contributed by atoms with Crippen LogP contribution in [0.4, 0.5) is 0 Å². The number of hydrogen-bond donors (Lipinski definition) is 1. The predicted octanol–water partition coefficient (Wildman–Crippen LogP) is 5.21. The van der Waals surface area contributed by atoms with Gasteiger partial charge in [-0.25, -0.2) is 0 Å². The molecule has 0 aromatic heterocycles. The molecule has 1 heteroatoms. The summed E-state index contributed by atoms with van der Waals surface area (Å²) in [4.78, 5) is 0. The van der Waals surface area contributed by atoms with Crippen LogP contribution in [-0.2, 0) is 0 Å². The molecular weight excluding hydrogens is 254 g/mol. The van der Waals surface area contributed by atoms with Gasteiger partial charge in [0.2, 0.25) is 0 Å². The highest BCUT2D eigenvalue weighted by molar-refractivity contribution is 4.84. The Kier molecular flexibility index (Phi) is 6.17. The van der Waals surface area contributed by atoms with Crippen LogP contribution in [0.2, 0.25) is 0 Å². The molecule has 0 amide bonds. The topological polar surface area (TPSA) is 12.0 Å². The molecule has 124 valence electrons. The molecule has 0 spiro atoms. The highest BCUT2D eigenvalue weighted by Gasteiger charge is 2.32. The van der Waals surface area contributed by atoms with E-state index in [-0.39, 0.29) is 0 Å². The molecule has 0 aliphatic heterocycles. The first-order chi connectivity index (χ1) is 9.88. The average molecular weight is 294 g/mol. The Balaban J connectivity index is 1.78. The normalized spacial score (nSPS) is 48.3. The fourth-order valence-electron chi connectivity index (χ4n) is 5.28. The molecule has 0 aromatic rings. The Morgan fingerprint density at radius 1 is 0.619 bits per heavy atom. The van der Waals surface area contributed by atoms with E-state index in [0.717, 1.165) is 47.3 Å². The summed E-state index contributed by atoms with van der Waals surface area (Å²) in [6.07, 6.45) is 5.75. The van der Waals surface area contributed by atoms with Crippen molar-refractivity contribution in [3.63, 3.8) is 0 Å². The average Bonchev–Trinajstić information content (AvgIpc) is 2.40. The Bertz CT molecular complexity index is 283. The van der Waals surface area contributed by atoms with Crippen LogP contribution in [0.15, 0.2) is 0 Å². The van der Waals surface area contributed by atoms with Gasteiger partial charge in [-0.3, -0.25) is 0 Å². The van der Waals surface area contributed by atoms with Crippen LogP contribution >= 0.6 is 0 Å². The monoisotopic (exact) mass is 293 g/mol. The largest absolute Gasteiger partial charge is 0.316 e. The molecule has 2 rings (SSSR count).